The number of halogens is 1. The fourth-order valence-corrected chi connectivity index (χ4v) is 4.51. The van der Waals surface area contributed by atoms with Crippen molar-refractivity contribution in [2.24, 2.45) is 5.10 Å². The van der Waals surface area contributed by atoms with Crippen molar-refractivity contribution in [3.8, 4) is 22.8 Å². The van der Waals surface area contributed by atoms with E-state index in [1.807, 2.05) is 67.6 Å². The topological polar surface area (TPSA) is 68.9 Å². The lowest BCUT2D eigenvalue weighted by Crippen LogP contribution is -2.07. The fourth-order valence-electron chi connectivity index (χ4n) is 3.54. The van der Waals surface area contributed by atoms with Gasteiger partial charge in [0.15, 0.2) is 11.5 Å². The Kier molecular flexibility index (Phi) is 5.66. The number of ether oxygens (including phenoxy) is 2. The maximum Gasteiger partial charge on any atom is 0.204 e. The Hall–Kier alpha value is -3.55. The Balaban J connectivity index is 1.66. The summed E-state index contributed by atoms with van der Waals surface area (Å²) in [5.41, 5.74) is 6.45. The molecule has 0 spiro atoms. The third-order valence-electron chi connectivity index (χ3n) is 5.26. The number of fused-ring (bicyclic) bond motifs is 2. The summed E-state index contributed by atoms with van der Waals surface area (Å²) in [5, 5.41) is 7.48. The van der Waals surface area contributed by atoms with E-state index in [0.29, 0.717) is 38.4 Å². The minimum absolute atomic E-state index is 0.615. The molecule has 6 nitrogen and oxygen atoms in total. The molecular formula is C25H20ClN3O3S. The first kappa shape index (κ1) is 21.3. The zero-order chi connectivity index (χ0) is 22.9. The summed E-state index contributed by atoms with van der Waals surface area (Å²) in [6.07, 6.45) is 0. The summed E-state index contributed by atoms with van der Waals surface area (Å²) < 4.78 is 18.1. The average molecular weight is 478 g/mol. The highest BCUT2D eigenvalue weighted by Gasteiger charge is 2.12. The zero-order valence-electron chi connectivity index (χ0n) is 18.2. The molecule has 0 fully saturated rings. The molecule has 0 amide bonds. The summed E-state index contributed by atoms with van der Waals surface area (Å²) in [5.74, 6) is 1.89. The van der Waals surface area contributed by atoms with E-state index in [9.17, 15) is 0 Å². The number of nitrogens with zero attached hydrogens (tertiary/aromatic N) is 2. The van der Waals surface area contributed by atoms with Crippen molar-refractivity contribution in [3.63, 3.8) is 0 Å². The van der Waals surface area contributed by atoms with Crippen LogP contribution in [0.1, 0.15) is 5.56 Å². The van der Waals surface area contributed by atoms with E-state index in [4.69, 9.17) is 25.5 Å². The predicted molar refractivity (Wildman–Crippen MR) is 133 cm³/mol. The smallest absolute Gasteiger partial charge is 0.204 e. The van der Waals surface area contributed by atoms with Gasteiger partial charge in [-0.1, -0.05) is 35.1 Å². The Morgan fingerprint density at radius 3 is 2.61 bits per heavy atom. The van der Waals surface area contributed by atoms with Crippen LogP contribution >= 0.6 is 22.9 Å². The van der Waals surface area contributed by atoms with Gasteiger partial charge in [-0.15, -0.1) is 0 Å². The van der Waals surface area contributed by atoms with Gasteiger partial charge in [-0.05, 0) is 55.0 Å². The monoisotopic (exact) mass is 477 g/mol. The number of hydrogen-bond donors (Lipinski definition) is 1. The number of methoxy groups -OCH3 is 2. The highest BCUT2D eigenvalue weighted by atomic mass is 35.5. The molecule has 8 heteroatoms. The number of para-hydroxylation sites is 1. The Morgan fingerprint density at radius 1 is 1.00 bits per heavy atom. The van der Waals surface area contributed by atoms with Crippen molar-refractivity contribution in [1.82, 2.24) is 4.98 Å². The van der Waals surface area contributed by atoms with Gasteiger partial charge >= 0.3 is 0 Å². The second kappa shape index (κ2) is 8.77. The molecule has 3 aromatic carbocycles. The van der Waals surface area contributed by atoms with Gasteiger partial charge in [0.1, 0.15) is 11.3 Å². The molecule has 1 N–H and O–H groups in total. The molecule has 0 aliphatic carbocycles. The Bertz CT molecular complexity index is 1530. The molecule has 0 aliphatic heterocycles. The SMILES string of the molecule is COc1ccc(-c2c/c(=N\Nc3nc4ccccc4s3)c3cc(Cl)c(C)cc3o2)cc1OC. The Morgan fingerprint density at radius 2 is 1.82 bits per heavy atom. The molecule has 0 unspecified atom stereocenters. The predicted octanol–water partition coefficient (Wildman–Crippen LogP) is 6.62. The lowest BCUT2D eigenvalue weighted by Gasteiger charge is -2.10. The Labute approximate surface area is 199 Å². The van der Waals surface area contributed by atoms with E-state index < -0.39 is 0 Å². The van der Waals surface area contributed by atoms with Gasteiger partial charge in [0.25, 0.3) is 0 Å². The number of nitrogens with one attached hydrogen (secondary N) is 1. The van der Waals surface area contributed by atoms with Crippen LogP contribution in [0.15, 0.2) is 70.2 Å². The van der Waals surface area contributed by atoms with Crippen LogP contribution in [-0.2, 0) is 0 Å². The van der Waals surface area contributed by atoms with E-state index in [0.717, 1.165) is 26.7 Å². The molecule has 0 bridgehead atoms. The molecule has 0 saturated carbocycles. The first-order chi connectivity index (χ1) is 16.1. The lowest BCUT2D eigenvalue weighted by atomic mass is 10.1. The summed E-state index contributed by atoms with van der Waals surface area (Å²) in [6, 6.07) is 19.3. The van der Waals surface area contributed by atoms with Crippen LogP contribution in [0.2, 0.25) is 5.02 Å². The largest absolute Gasteiger partial charge is 0.493 e. The number of aryl methyl sites for hydroxylation is 1. The van der Waals surface area contributed by atoms with Gasteiger partial charge in [0, 0.05) is 22.0 Å². The molecule has 166 valence electrons. The second-order valence-electron chi connectivity index (χ2n) is 7.37. The number of aromatic nitrogens is 1. The van der Waals surface area contributed by atoms with Crippen molar-refractivity contribution < 1.29 is 13.9 Å². The minimum atomic E-state index is 0.615. The van der Waals surface area contributed by atoms with Crippen LogP contribution in [0.4, 0.5) is 5.13 Å². The molecule has 33 heavy (non-hydrogen) atoms. The van der Waals surface area contributed by atoms with Crippen LogP contribution in [0, 0.1) is 6.92 Å². The van der Waals surface area contributed by atoms with Gasteiger partial charge in [-0.25, -0.2) is 4.98 Å². The number of benzene rings is 3. The van der Waals surface area contributed by atoms with E-state index in [-0.39, 0.29) is 0 Å². The van der Waals surface area contributed by atoms with Crippen LogP contribution < -0.4 is 20.3 Å². The molecule has 5 aromatic rings. The van der Waals surface area contributed by atoms with Crippen LogP contribution in [0.3, 0.4) is 0 Å². The molecule has 2 heterocycles. The fraction of sp³-hybridized carbons (Fsp3) is 0.120. The van der Waals surface area contributed by atoms with Gasteiger partial charge in [-0.3, -0.25) is 5.43 Å². The third kappa shape index (κ3) is 4.13. The second-order valence-corrected chi connectivity index (χ2v) is 8.81. The van der Waals surface area contributed by atoms with Crippen molar-refractivity contribution in [2.45, 2.75) is 6.92 Å². The molecule has 0 radical (unpaired) electrons. The van der Waals surface area contributed by atoms with E-state index >= 15 is 0 Å². The maximum atomic E-state index is 6.42. The lowest BCUT2D eigenvalue weighted by molar-refractivity contribution is 0.355. The van der Waals surface area contributed by atoms with Crippen LogP contribution in [-0.4, -0.2) is 19.2 Å². The molecule has 0 aliphatic rings. The first-order valence-electron chi connectivity index (χ1n) is 10.2. The standard InChI is InChI=1S/C25H20ClN3O3S/c1-14-10-22-16(12-17(14)26)19(28-29-25-27-18-6-4-5-7-24(18)33-25)13-21(32-22)15-8-9-20(30-2)23(11-15)31-3/h4-13H,1-3H3,(H,27,29)/b28-19+. The third-order valence-corrected chi connectivity index (χ3v) is 6.61. The normalized spacial score (nSPS) is 11.8. The highest BCUT2D eigenvalue weighted by molar-refractivity contribution is 7.22. The quantitative estimate of drug-likeness (QED) is 0.288. The summed E-state index contributed by atoms with van der Waals surface area (Å²) in [6.45, 7) is 1.94. The van der Waals surface area contributed by atoms with E-state index in [2.05, 4.69) is 15.5 Å². The summed E-state index contributed by atoms with van der Waals surface area (Å²) >= 11 is 7.96. The van der Waals surface area contributed by atoms with Crippen LogP contribution in [0.25, 0.3) is 32.5 Å². The first-order valence-corrected chi connectivity index (χ1v) is 11.4. The summed E-state index contributed by atoms with van der Waals surface area (Å²) in [4.78, 5) is 4.60. The van der Waals surface area contributed by atoms with Crippen molar-refractivity contribution >= 4 is 49.3 Å². The highest BCUT2D eigenvalue weighted by Crippen LogP contribution is 2.33. The average Bonchev–Trinajstić information content (AvgIpc) is 3.26. The van der Waals surface area contributed by atoms with Crippen molar-refractivity contribution in [2.75, 3.05) is 19.6 Å². The van der Waals surface area contributed by atoms with Gasteiger partial charge in [0.2, 0.25) is 5.13 Å². The van der Waals surface area contributed by atoms with E-state index in [1.54, 1.807) is 25.6 Å². The molecule has 0 atom stereocenters. The maximum absolute atomic E-state index is 6.42. The number of rotatable bonds is 5. The van der Waals surface area contributed by atoms with Gasteiger partial charge in [-0.2, -0.15) is 5.10 Å². The van der Waals surface area contributed by atoms with E-state index in [1.165, 1.54) is 0 Å². The van der Waals surface area contributed by atoms with Crippen molar-refractivity contribution in [3.05, 3.63) is 76.6 Å². The molecule has 2 aromatic heterocycles. The molecule has 5 rings (SSSR count). The van der Waals surface area contributed by atoms with Crippen LogP contribution in [0.5, 0.6) is 11.5 Å². The zero-order valence-corrected chi connectivity index (χ0v) is 19.8. The van der Waals surface area contributed by atoms with Gasteiger partial charge in [0.05, 0.1) is 29.8 Å². The molecule has 0 saturated heterocycles. The number of thiazole rings is 1. The molecular weight excluding hydrogens is 458 g/mol. The number of anilines is 1. The number of hydrogen-bond acceptors (Lipinski definition) is 7. The van der Waals surface area contributed by atoms with Crippen molar-refractivity contribution in [1.29, 1.82) is 0 Å². The minimum Gasteiger partial charge on any atom is -0.493 e. The summed E-state index contributed by atoms with van der Waals surface area (Å²) in [7, 11) is 3.21. The van der Waals surface area contributed by atoms with Gasteiger partial charge < -0.3 is 13.9 Å².